The molecule has 20 heavy (non-hydrogen) atoms. The number of aryl methyl sites for hydroxylation is 1. The molecule has 0 radical (unpaired) electrons. The van der Waals surface area contributed by atoms with Gasteiger partial charge in [-0.15, -0.1) is 0 Å². The van der Waals surface area contributed by atoms with E-state index in [0.29, 0.717) is 11.3 Å². The summed E-state index contributed by atoms with van der Waals surface area (Å²) in [5.74, 6) is 0.413. The SMILES string of the molecule is Cc1ccc(C#N)cc1OCC(CS(=O)(=O)Cl)C(C)C. The standard InChI is InChI=1S/C14H18ClNO3S/c1-10(2)13(9-20(15,17)18)8-19-14-6-12(7-16)5-4-11(14)3/h4-6,10,13H,8-9H2,1-3H3. The van der Waals surface area contributed by atoms with Gasteiger partial charge in [0.1, 0.15) is 5.75 Å². The van der Waals surface area contributed by atoms with Crippen LogP contribution in [0.4, 0.5) is 0 Å². The molecule has 1 aromatic rings. The molecular formula is C14H18ClNO3S. The molecule has 0 aromatic heterocycles. The topological polar surface area (TPSA) is 67.2 Å². The van der Waals surface area contributed by atoms with Crippen LogP contribution in [0.3, 0.4) is 0 Å². The second kappa shape index (κ2) is 6.96. The minimum absolute atomic E-state index is 0.122. The molecule has 1 unspecified atom stereocenters. The van der Waals surface area contributed by atoms with E-state index in [-0.39, 0.29) is 24.2 Å². The van der Waals surface area contributed by atoms with Crippen LogP contribution in [0.15, 0.2) is 18.2 Å². The number of nitrogens with zero attached hydrogens (tertiary/aromatic N) is 1. The van der Waals surface area contributed by atoms with Crippen molar-refractivity contribution in [3.63, 3.8) is 0 Å². The third-order valence-corrected chi connectivity index (χ3v) is 4.33. The molecule has 6 heteroatoms. The van der Waals surface area contributed by atoms with E-state index in [4.69, 9.17) is 20.7 Å². The number of hydrogen-bond donors (Lipinski definition) is 0. The molecule has 0 amide bonds. The summed E-state index contributed by atoms with van der Waals surface area (Å²) in [5, 5.41) is 8.87. The Labute approximate surface area is 124 Å². The zero-order valence-electron chi connectivity index (χ0n) is 11.8. The number of hydrogen-bond acceptors (Lipinski definition) is 4. The summed E-state index contributed by atoms with van der Waals surface area (Å²) in [6, 6.07) is 7.22. The molecule has 0 saturated carbocycles. The van der Waals surface area contributed by atoms with Crippen LogP contribution < -0.4 is 4.74 Å². The molecule has 4 nitrogen and oxygen atoms in total. The number of ether oxygens (including phenoxy) is 1. The average Bonchev–Trinajstić information content (AvgIpc) is 2.34. The maximum atomic E-state index is 11.2. The number of halogens is 1. The van der Waals surface area contributed by atoms with Gasteiger partial charge in [-0.25, -0.2) is 8.42 Å². The summed E-state index contributed by atoms with van der Waals surface area (Å²) in [6.45, 7) is 5.97. The van der Waals surface area contributed by atoms with Gasteiger partial charge in [0.15, 0.2) is 0 Å². The van der Waals surface area contributed by atoms with Crippen LogP contribution in [0, 0.1) is 30.1 Å². The minimum atomic E-state index is -3.56. The molecule has 0 fully saturated rings. The fraction of sp³-hybridized carbons (Fsp3) is 0.500. The second-order valence-corrected chi connectivity index (χ2v) is 7.93. The molecule has 0 aliphatic heterocycles. The van der Waals surface area contributed by atoms with Crippen LogP contribution in [-0.2, 0) is 9.05 Å². The fourth-order valence-electron chi connectivity index (χ4n) is 1.71. The zero-order chi connectivity index (χ0) is 15.3. The van der Waals surface area contributed by atoms with Crippen molar-refractivity contribution in [2.45, 2.75) is 20.8 Å². The molecule has 1 rings (SSSR count). The highest BCUT2D eigenvalue weighted by atomic mass is 35.7. The van der Waals surface area contributed by atoms with Crippen molar-refractivity contribution < 1.29 is 13.2 Å². The zero-order valence-corrected chi connectivity index (χ0v) is 13.3. The Morgan fingerprint density at radius 3 is 2.55 bits per heavy atom. The maximum Gasteiger partial charge on any atom is 0.233 e. The Hall–Kier alpha value is -1.25. The van der Waals surface area contributed by atoms with E-state index in [1.807, 2.05) is 26.8 Å². The van der Waals surface area contributed by atoms with E-state index in [1.165, 1.54) is 0 Å². The highest BCUT2D eigenvalue weighted by molar-refractivity contribution is 8.13. The molecule has 0 spiro atoms. The summed E-state index contributed by atoms with van der Waals surface area (Å²) in [6.07, 6.45) is 0. The summed E-state index contributed by atoms with van der Waals surface area (Å²) >= 11 is 0. The van der Waals surface area contributed by atoms with Crippen LogP contribution in [0.25, 0.3) is 0 Å². The number of benzene rings is 1. The van der Waals surface area contributed by atoms with Crippen molar-refractivity contribution in [1.82, 2.24) is 0 Å². The van der Waals surface area contributed by atoms with E-state index in [2.05, 4.69) is 0 Å². The molecule has 0 aliphatic rings. The first-order chi connectivity index (χ1) is 9.23. The van der Waals surface area contributed by atoms with Crippen LogP contribution in [0.5, 0.6) is 5.75 Å². The van der Waals surface area contributed by atoms with Crippen LogP contribution in [0.2, 0.25) is 0 Å². The third-order valence-electron chi connectivity index (χ3n) is 3.13. The Morgan fingerprint density at radius 2 is 2.05 bits per heavy atom. The van der Waals surface area contributed by atoms with E-state index in [0.717, 1.165) is 5.56 Å². The lowest BCUT2D eigenvalue weighted by atomic mass is 9.99. The minimum Gasteiger partial charge on any atom is -0.493 e. The highest BCUT2D eigenvalue weighted by Gasteiger charge is 2.21. The number of nitriles is 1. The van der Waals surface area contributed by atoms with Crippen molar-refractivity contribution in [2.75, 3.05) is 12.4 Å². The van der Waals surface area contributed by atoms with E-state index >= 15 is 0 Å². The van der Waals surface area contributed by atoms with Crippen molar-refractivity contribution >= 4 is 19.7 Å². The summed E-state index contributed by atoms with van der Waals surface area (Å²) in [7, 11) is 1.75. The fourth-order valence-corrected chi connectivity index (χ4v) is 3.19. The molecular weight excluding hydrogens is 298 g/mol. The Morgan fingerprint density at radius 1 is 1.40 bits per heavy atom. The van der Waals surface area contributed by atoms with Gasteiger partial charge < -0.3 is 4.74 Å². The van der Waals surface area contributed by atoms with Crippen LogP contribution >= 0.6 is 10.7 Å². The van der Waals surface area contributed by atoms with Gasteiger partial charge >= 0.3 is 0 Å². The average molecular weight is 316 g/mol. The highest BCUT2D eigenvalue weighted by Crippen LogP contribution is 2.22. The summed E-state index contributed by atoms with van der Waals surface area (Å²) < 4.78 is 28.1. The van der Waals surface area contributed by atoms with Gasteiger partial charge in [-0.1, -0.05) is 19.9 Å². The van der Waals surface area contributed by atoms with E-state index in [1.54, 1.807) is 18.2 Å². The molecule has 0 aliphatic carbocycles. The molecule has 1 aromatic carbocycles. The van der Waals surface area contributed by atoms with Crippen molar-refractivity contribution in [3.05, 3.63) is 29.3 Å². The largest absolute Gasteiger partial charge is 0.493 e. The monoisotopic (exact) mass is 315 g/mol. The molecule has 0 saturated heterocycles. The van der Waals surface area contributed by atoms with Crippen molar-refractivity contribution in [3.8, 4) is 11.8 Å². The van der Waals surface area contributed by atoms with Crippen LogP contribution in [0.1, 0.15) is 25.0 Å². The Kier molecular flexibility index (Phi) is 5.85. The molecule has 0 N–H and O–H groups in total. The van der Waals surface area contributed by atoms with E-state index in [9.17, 15) is 8.42 Å². The lowest BCUT2D eigenvalue weighted by Crippen LogP contribution is -2.24. The first-order valence-electron chi connectivity index (χ1n) is 6.29. The lowest BCUT2D eigenvalue weighted by molar-refractivity contribution is 0.224. The maximum absolute atomic E-state index is 11.2. The lowest BCUT2D eigenvalue weighted by Gasteiger charge is -2.20. The van der Waals surface area contributed by atoms with Gasteiger partial charge in [0.05, 0.1) is 24.0 Å². The predicted molar refractivity (Wildman–Crippen MR) is 79.4 cm³/mol. The normalized spacial score (nSPS) is 13.0. The Balaban J connectivity index is 2.80. The van der Waals surface area contributed by atoms with Gasteiger partial charge in [-0.2, -0.15) is 5.26 Å². The third kappa shape index (κ3) is 5.40. The second-order valence-electron chi connectivity index (χ2n) is 5.11. The molecule has 1 atom stereocenters. The first kappa shape index (κ1) is 16.8. The van der Waals surface area contributed by atoms with Gasteiger partial charge in [0.25, 0.3) is 0 Å². The number of rotatable bonds is 6. The summed E-state index contributed by atoms with van der Waals surface area (Å²) in [5.41, 5.74) is 1.41. The summed E-state index contributed by atoms with van der Waals surface area (Å²) in [4.78, 5) is 0. The van der Waals surface area contributed by atoms with Gasteiger partial charge in [0.2, 0.25) is 9.05 Å². The van der Waals surface area contributed by atoms with Gasteiger partial charge in [-0.05, 0) is 30.5 Å². The van der Waals surface area contributed by atoms with Crippen LogP contribution in [-0.4, -0.2) is 20.8 Å². The predicted octanol–water partition coefficient (Wildman–Crippen LogP) is 3.09. The van der Waals surface area contributed by atoms with Gasteiger partial charge in [-0.3, -0.25) is 0 Å². The Bertz CT molecular complexity index is 605. The molecule has 0 bridgehead atoms. The van der Waals surface area contributed by atoms with Gasteiger partial charge in [0, 0.05) is 16.6 Å². The van der Waals surface area contributed by atoms with E-state index < -0.39 is 9.05 Å². The smallest absolute Gasteiger partial charge is 0.233 e. The van der Waals surface area contributed by atoms with Crippen molar-refractivity contribution in [2.24, 2.45) is 11.8 Å². The molecule has 110 valence electrons. The van der Waals surface area contributed by atoms with Crippen molar-refractivity contribution in [1.29, 1.82) is 5.26 Å². The first-order valence-corrected chi connectivity index (χ1v) is 8.76. The quantitative estimate of drug-likeness (QED) is 0.757. The molecule has 0 heterocycles.